The quantitative estimate of drug-likeness (QED) is 0.220. The van der Waals surface area contributed by atoms with E-state index in [1.165, 1.54) is 24.3 Å². The van der Waals surface area contributed by atoms with Gasteiger partial charge in [-0.05, 0) is 32.4 Å². The van der Waals surface area contributed by atoms with Gasteiger partial charge in [-0.3, -0.25) is 14.9 Å². The summed E-state index contributed by atoms with van der Waals surface area (Å²) in [5.74, 6) is -1.25. The topological polar surface area (TPSA) is 101 Å². The van der Waals surface area contributed by atoms with Crippen LogP contribution in [-0.4, -0.2) is 41.6 Å². The van der Waals surface area contributed by atoms with Gasteiger partial charge in [0.05, 0.1) is 4.92 Å². The van der Waals surface area contributed by atoms with Crippen LogP contribution in [0.3, 0.4) is 0 Å². The fraction of sp³-hybridized carbons (Fsp3) is 0.368. The maximum atomic E-state index is 12.5. The summed E-state index contributed by atoms with van der Waals surface area (Å²) in [6, 6.07) is 7.22. The third-order valence-electron chi connectivity index (χ3n) is 4.26. The Labute approximate surface area is 156 Å². The molecule has 0 aliphatic rings. The van der Waals surface area contributed by atoms with Gasteiger partial charge < -0.3 is 14.0 Å². The molecule has 0 N–H and O–H groups in total. The van der Waals surface area contributed by atoms with Gasteiger partial charge in [0, 0.05) is 43.3 Å². The van der Waals surface area contributed by atoms with Gasteiger partial charge in [-0.25, -0.2) is 4.79 Å². The van der Waals surface area contributed by atoms with E-state index in [1.807, 2.05) is 18.4 Å². The number of hydrogen-bond acceptors (Lipinski definition) is 6. The second-order valence-electron chi connectivity index (χ2n) is 6.06. The lowest BCUT2D eigenvalue weighted by molar-refractivity contribution is -0.385. The molecule has 0 aliphatic heterocycles. The molecular formula is C19H22N2O6. The number of Topliss-reactive ketones (excluding diaryl/α,β-unsaturated/α-hetero) is 1. The molecule has 0 unspecified atom stereocenters. The van der Waals surface area contributed by atoms with E-state index in [2.05, 4.69) is 0 Å². The number of benzene rings is 1. The van der Waals surface area contributed by atoms with E-state index < -0.39 is 17.5 Å². The smallest absolute Gasteiger partial charge is 0.345 e. The number of rotatable bonds is 9. The number of methoxy groups -OCH3 is 1. The van der Waals surface area contributed by atoms with Crippen LogP contribution in [0.15, 0.2) is 30.3 Å². The Morgan fingerprint density at radius 3 is 2.56 bits per heavy atom. The van der Waals surface area contributed by atoms with Gasteiger partial charge in [0.25, 0.3) is 5.69 Å². The summed E-state index contributed by atoms with van der Waals surface area (Å²) in [4.78, 5) is 34.9. The van der Waals surface area contributed by atoms with Crippen LogP contribution in [0.2, 0.25) is 0 Å². The van der Waals surface area contributed by atoms with E-state index in [0.717, 1.165) is 24.4 Å². The summed E-state index contributed by atoms with van der Waals surface area (Å²) in [5.41, 5.74) is 1.65. The average molecular weight is 374 g/mol. The van der Waals surface area contributed by atoms with Crippen molar-refractivity contribution in [1.29, 1.82) is 0 Å². The summed E-state index contributed by atoms with van der Waals surface area (Å²) >= 11 is 0. The molecule has 1 aromatic heterocycles. The predicted octanol–water partition coefficient (Wildman–Crippen LogP) is 3.09. The minimum atomic E-state index is -0.899. The number of carbonyl (C=O) groups is 2. The molecule has 1 heterocycles. The van der Waals surface area contributed by atoms with Gasteiger partial charge in [-0.15, -0.1) is 0 Å². The van der Waals surface area contributed by atoms with Gasteiger partial charge in [0.1, 0.15) is 5.56 Å². The monoisotopic (exact) mass is 374 g/mol. The van der Waals surface area contributed by atoms with Crippen LogP contribution in [0.5, 0.6) is 0 Å². The van der Waals surface area contributed by atoms with E-state index >= 15 is 0 Å². The summed E-state index contributed by atoms with van der Waals surface area (Å²) in [7, 11) is 1.63. The number of nitro groups is 1. The molecule has 2 aromatic rings. The highest BCUT2D eigenvalue weighted by molar-refractivity contribution is 6.01. The number of nitrogens with zero attached hydrogens (tertiary/aromatic N) is 2. The molecule has 27 heavy (non-hydrogen) atoms. The van der Waals surface area contributed by atoms with Crippen molar-refractivity contribution in [2.75, 3.05) is 20.3 Å². The molecule has 0 bridgehead atoms. The van der Waals surface area contributed by atoms with Crippen LogP contribution in [0, 0.1) is 24.0 Å². The molecule has 0 spiro atoms. The maximum absolute atomic E-state index is 12.5. The molecule has 8 heteroatoms. The predicted molar refractivity (Wildman–Crippen MR) is 98.1 cm³/mol. The second-order valence-corrected chi connectivity index (χ2v) is 6.06. The van der Waals surface area contributed by atoms with E-state index in [1.54, 1.807) is 13.2 Å². The fourth-order valence-electron chi connectivity index (χ4n) is 2.89. The molecule has 8 nitrogen and oxygen atoms in total. The number of esters is 1. The van der Waals surface area contributed by atoms with Crippen molar-refractivity contribution in [2.24, 2.45) is 0 Å². The van der Waals surface area contributed by atoms with Crippen molar-refractivity contribution in [3.8, 4) is 0 Å². The number of ketones is 1. The highest BCUT2D eigenvalue weighted by Crippen LogP contribution is 2.20. The molecule has 0 saturated heterocycles. The highest BCUT2D eigenvalue weighted by Gasteiger charge is 2.22. The minimum Gasteiger partial charge on any atom is -0.454 e. The van der Waals surface area contributed by atoms with Gasteiger partial charge >= 0.3 is 5.97 Å². The van der Waals surface area contributed by atoms with Crippen molar-refractivity contribution in [3.05, 3.63) is 63.0 Å². The van der Waals surface area contributed by atoms with Crippen LogP contribution in [0.25, 0.3) is 0 Å². The lowest BCUT2D eigenvalue weighted by atomic mass is 10.1. The van der Waals surface area contributed by atoms with Gasteiger partial charge in [-0.1, -0.05) is 12.1 Å². The lowest BCUT2D eigenvalue weighted by Gasteiger charge is -2.09. The SMILES string of the molecule is COCCCn1c(C)cc(C(=O)COC(=O)c2ccccc2[N+](=O)[O-])c1C. The molecule has 1 aromatic carbocycles. The van der Waals surface area contributed by atoms with Crippen molar-refractivity contribution in [3.63, 3.8) is 0 Å². The molecule has 0 amide bonds. The zero-order valence-corrected chi connectivity index (χ0v) is 15.6. The van der Waals surface area contributed by atoms with Crippen molar-refractivity contribution < 1.29 is 24.0 Å². The molecule has 0 saturated carbocycles. The number of para-hydroxylation sites is 1. The highest BCUT2D eigenvalue weighted by atomic mass is 16.6. The molecule has 2 rings (SSSR count). The van der Waals surface area contributed by atoms with Crippen molar-refractivity contribution >= 4 is 17.4 Å². The average Bonchev–Trinajstić information content (AvgIpc) is 2.94. The first-order valence-corrected chi connectivity index (χ1v) is 8.46. The van der Waals surface area contributed by atoms with Crippen molar-refractivity contribution in [2.45, 2.75) is 26.8 Å². The second kappa shape index (κ2) is 9.09. The third-order valence-corrected chi connectivity index (χ3v) is 4.26. The maximum Gasteiger partial charge on any atom is 0.345 e. The van der Waals surface area contributed by atoms with Crippen LogP contribution in [0.1, 0.15) is 38.5 Å². The molecular weight excluding hydrogens is 352 g/mol. The Balaban J connectivity index is 2.07. The third kappa shape index (κ3) is 4.79. The number of hydrogen-bond donors (Lipinski definition) is 0. The Bertz CT molecular complexity index is 856. The first kappa shape index (κ1) is 20.3. The van der Waals surface area contributed by atoms with Gasteiger partial charge in [-0.2, -0.15) is 0 Å². The summed E-state index contributed by atoms with van der Waals surface area (Å²) in [5, 5.41) is 11.0. The molecule has 0 atom stereocenters. The van der Waals surface area contributed by atoms with Gasteiger partial charge in [0.2, 0.25) is 5.78 Å². The van der Waals surface area contributed by atoms with Crippen LogP contribution in [-0.2, 0) is 16.0 Å². The molecule has 0 radical (unpaired) electrons. The molecule has 0 fully saturated rings. The summed E-state index contributed by atoms with van der Waals surface area (Å²) in [6.07, 6.45) is 0.813. The fourth-order valence-corrected chi connectivity index (χ4v) is 2.89. The first-order chi connectivity index (χ1) is 12.9. The normalized spacial score (nSPS) is 10.6. The molecule has 144 valence electrons. The zero-order valence-electron chi connectivity index (χ0n) is 15.6. The Morgan fingerprint density at radius 2 is 1.89 bits per heavy atom. The van der Waals surface area contributed by atoms with E-state index in [4.69, 9.17) is 9.47 Å². The number of nitro benzene ring substituents is 1. The summed E-state index contributed by atoms with van der Waals surface area (Å²) in [6.45, 7) is 4.59. The Morgan fingerprint density at radius 1 is 1.19 bits per heavy atom. The Kier molecular flexibility index (Phi) is 6.84. The van der Waals surface area contributed by atoms with E-state index in [0.29, 0.717) is 12.2 Å². The van der Waals surface area contributed by atoms with Gasteiger partial charge in [0.15, 0.2) is 6.61 Å². The number of ether oxygens (including phenoxy) is 2. The zero-order chi connectivity index (χ0) is 20.0. The molecule has 0 aliphatic carbocycles. The van der Waals surface area contributed by atoms with E-state index in [-0.39, 0.29) is 17.0 Å². The minimum absolute atomic E-state index is 0.180. The number of aromatic nitrogens is 1. The largest absolute Gasteiger partial charge is 0.454 e. The van der Waals surface area contributed by atoms with Crippen LogP contribution in [0.4, 0.5) is 5.69 Å². The van der Waals surface area contributed by atoms with Crippen LogP contribution < -0.4 is 0 Å². The number of carbonyl (C=O) groups excluding carboxylic acids is 2. The summed E-state index contributed by atoms with van der Waals surface area (Å²) < 4.78 is 12.1. The Hall–Kier alpha value is -3.00. The van der Waals surface area contributed by atoms with E-state index in [9.17, 15) is 19.7 Å². The first-order valence-electron chi connectivity index (χ1n) is 8.46. The standard InChI is InChI=1S/C19H22N2O6/c1-13-11-16(14(2)20(13)9-6-10-26-3)18(22)12-27-19(23)15-7-4-5-8-17(15)21(24)25/h4-5,7-8,11H,6,9-10,12H2,1-3H3. The lowest BCUT2D eigenvalue weighted by Crippen LogP contribution is -2.16. The van der Waals surface area contributed by atoms with Crippen LogP contribution >= 0.6 is 0 Å². The number of aryl methyl sites for hydroxylation is 1. The van der Waals surface area contributed by atoms with Crippen molar-refractivity contribution in [1.82, 2.24) is 4.57 Å².